The first kappa shape index (κ1) is 37.0. The number of aryl methyl sites for hydroxylation is 1. The van der Waals surface area contributed by atoms with Crippen molar-refractivity contribution >= 4 is 33.2 Å². The summed E-state index contributed by atoms with van der Waals surface area (Å²) in [6.45, 7) is 15.4. The molecule has 0 spiro atoms. The second kappa shape index (κ2) is 15.5. The molecule has 2 aromatic rings. The number of ether oxygens (including phenoxy) is 2. The van der Waals surface area contributed by atoms with E-state index >= 15 is 0 Å². The number of nitrogens with one attached hydrogen (secondary N) is 1. The summed E-state index contributed by atoms with van der Waals surface area (Å²) in [5, 5.41) is 0.0437. The van der Waals surface area contributed by atoms with Gasteiger partial charge in [0, 0.05) is 62.4 Å². The van der Waals surface area contributed by atoms with Gasteiger partial charge in [0.05, 0.1) is 24.2 Å². The molecule has 11 heteroatoms. The highest BCUT2D eigenvalue weighted by Crippen LogP contribution is 2.51. The molecule has 0 aromatic heterocycles. The van der Waals surface area contributed by atoms with Gasteiger partial charge in [-0.1, -0.05) is 37.9 Å². The van der Waals surface area contributed by atoms with Gasteiger partial charge in [0.15, 0.2) is 0 Å². The largest absolute Gasteiger partial charge is 0.487 e. The Kier molecular flexibility index (Phi) is 11.3. The number of amides is 1. The number of hydrogen-bond acceptors (Lipinski definition) is 8. The van der Waals surface area contributed by atoms with E-state index in [1.165, 1.54) is 18.4 Å². The minimum absolute atomic E-state index is 0.0818. The van der Waals surface area contributed by atoms with Crippen LogP contribution in [0.25, 0.3) is 0 Å². The minimum Gasteiger partial charge on any atom is -0.487 e. The van der Waals surface area contributed by atoms with Gasteiger partial charge in [-0.3, -0.25) is 14.6 Å². The summed E-state index contributed by atoms with van der Waals surface area (Å²) in [6, 6.07) is 11.9. The van der Waals surface area contributed by atoms with Gasteiger partial charge >= 0.3 is 0 Å². The zero-order valence-corrected chi connectivity index (χ0v) is 32.3. The molecule has 7 rings (SSSR count). The Morgan fingerprint density at radius 2 is 1.82 bits per heavy atom. The van der Waals surface area contributed by atoms with Crippen LogP contribution < -0.4 is 14.4 Å². The number of anilines is 1. The van der Waals surface area contributed by atoms with Crippen LogP contribution in [0.15, 0.2) is 36.4 Å². The molecule has 4 aliphatic heterocycles. The van der Waals surface area contributed by atoms with Gasteiger partial charge in [-0.15, -0.1) is 0 Å². The number of fused-ring (bicyclic) bond motifs is 4. The van der Waals surface area contributed by atoms with Crippen molar-refractivity contribution in [1.82, 2.24) is 14.5 Å². The van der Waals surface area contributed by atoms with Crippen molar-refractivity contribution < 1.29 is 22.7 Å². The molecular weight excluding hydrogens is 684 g/mol. The van der Waals surface area contributed by atoms with Crippen LogP contribution in [-0.2, 0) is 27.8 Å². The van der Waals surface area contributed by atoms with Gasteiger partial charge in [-0.2, -0.15) is 0 Å². The van der Waals surface area contributed by atoms with Crippen LogP contribution >= 0.6 is 11.6 Å². The van der Waals surface area contributed by atoms with E-state index in [0.717, 1.165) is 114 Å². The van der Waals surface area contributed by atoms with Crippen LogP contribution in [0, 0.1) is 23.2 Å². The maximum atomic E-state index is 13.6. The van der Waals surface area contributed by atoms with Crippen LogP contribution in [0.5, 0.6) is 5.75 Å². The number of hydrogen-bond donors (Lipinski definition) is 1. The number of rotatable bonds is 2. The number of piperazine rings is 1. The van der Waals surface area contributed by atoms with Crippen molar-refractivity contribution in [2.45, 2.75) is 90.0 Å². The van der Waals surface area contributed by atoms with Crippen LogP contribution in [0.2, 0.25) is 5.02 Å². The van der Waals surface area contributed by atoms with Gasteiger partial charge in [0.1, 0.15) is 12.4 Å². The molecule has 4 heterocycles. The van der Waals surface area contributed by atoms with E-state index in [9.17, 15) is 13.2 Å². The van der Waals surface area contributed by atoms with Gasteiger partial charge < -0.3 is 14.4 Å². The quantitative estimate of drug-likeness (QED) is 0.380. The fourth-order valence-corrected chi connectivity index (χ4v) is 11.1. The van der Waals surface area contributed by atoms with Crippen molar-refractivity contribution in [1.29, 1.82) is 0 Å². The van der Waals surface area contributed by atoms with Gasteiger partial charge in [-0.25, -0.2) is 13.1 Å². The van der Waals surface area contributed by atoms with E-state index in [-0.39, 0.29) is 11.3 Å². The molecular formula is C40H57ClN4O5S. The van der Waals surface area contributed by atoms with Crippen molar-refractivity contribution in [2.75, 3.05) is 63.9 Å². The lowest BCUT2D eigenvalue weighted by molar-refractivity contribution is -0.0658. The Hall–Kier alpha value is -2.37. The third-order valence-corrected chi connectivity index (χ3v) is 15.2. The third-order valence-electron chi connectivity index (χ3n) is 13.0. The third kappa shape index (κ3) is 8.25. The van der Waals surface area contributed by atoms with Crippen molar-refractivity contribution in [2.24, 2.45) is 23.2 Å². The molecule has 5 aliphatic rings. The Bertz CT molecular complexity index is 1670. The summed E-state index contributed by atoms with van der Waals surface area (Å²) < 4.78 is 42.1. The molecule has 2 aromatic carbocycles. The smallest absolute Gasteiger partial charge is 0.264 e. The monoisotopic (exact) mass is 740 g/mol. The van der Waals surface area contributed by atoms with Crippen LogP contribution in [0.4, 0.5) is 5.69 Å². The fraction of sp³-hybridized carbons (Fsp3) is 0.675. The summed E-state index contributed by atoms with van der Waals surface area (Å²) in [5.41, 5.74) is 3.62. The predicted molar refractivity (Wildman–Crippen MR) is 203 cm³/mol. The average Bonchev–Trinajstić information content (AvgIpc) is 3.12. The molecule has 0 radical (unpaired) electrons. The van der Waals surface area contributed by atoms with Crippen LogP contribution in [-0.4, -0.2) is 94.4 Å². The number of carbonyl (C=O) groups excluding carboxylic acids is 1. The number of morpholine rings is 1. The number of halogens is 1. The molecule has 1 amide bonds. The molecule has 280 valence electrons. The molecule has 1 saturated carbocycles. The van der Waals surface area contributed by atoms with E-state index in [0.29, 0.717) is 35.8 Å². The van der Waals surface area contributed by atoms with Crippen molar-refractivity contribution in [3.8, 4) is 5.75 Å². The standard InChI is InChI=1S/C40H57ClN4O5S/c1-28-7-6-15-40(3,27-43-17-18-44-19-20-49-26-35(44)24-43)36-13-10-32(36)23-45-16-5-4-8-30-21-34(41)12-9-33(30)25-50-38-14-11-31(22-37(38)45)39(46)42-51(47,48)29(28)2/h9,11-12,14,21-22,28-29,32,35-36H,4-8,10,13,15-20,23-27H2,1-3H3,(H,42,46)/t28-,29+,32-,35-,36+,40+/m0/s1. The zero-order chi connectivity index (χ0) is 35.8. The molecule has 3 fully saturated rings. The van der Waals surface area contributed by atoms with E-state index in [1.54, 1.807) is 13.0 Å². The Morgan fingerprint density at radius 1 is 0.961 bits per heavy atom. The van der Waals surface area contributed by atoms with Gasteiger partial charge in [0.25, 0.3) is 5.91 Å². The van der Waals surface area contributed by atoms with Crippen molar-refractivity contribution in [3.05, 3.63) is 58.1 Å². The molecule has 1 N–H and O–H groups in total. The first-order valence-electron chi connectivity index (χ1n) is 19.4. The highest BCUT2D eigenvalue weighted by atomic mass is 35.5. The zero-order valence-electron chi connectivity index (χ0n) is 30.7. The van der Waals surface area contributed by atoms with E-state index in [1.807, 2.05) is 31.2 Å². The molecule has 2 saturated heterocycles. The SMILES string of the molecule is C[C@@H]1[C@@H](C)CCC[C@](C)(CN2CCN3CCOC[C@@H]3C2)[C@@H]2CC[C@H]2CN2CCCCc3cc(Cl)ccc3COc3ccc(cc32)C(=O)NS1(=O)=O. The van der Waals surface area contributed by atoms with Crippen LogP contribution in [0.1, 0.15) is 87.2 Å². The normalized spacial score (nSPS) is 32.5. The number of sulfonamides is 1. The molecule has 9 nitrogen and oxygen atoms in total. The number of nitrogens with zero attached hydrogens (tertiary/aromatic N) is 3. The summed E-state index contributed by atoms with van der Waals surface area (Å²) in [6.07, 6.45) is 8.15. The molecule has 6 atom stereocenters. The summed E-state index contributed by atoms with van der Waals surface area (Å²) >= 11 is 6.41. The van der Waals surface area contributed by atoms with Crippen LogP contribution in [0.3, 0.4) is 0 Å². The lowest BCUT2D eigenvalue weighted by Gasteiger charge is -2.53. The number of benzene rings is 2. The Balaban J connectivity index is 1.22. The Labute approximate surface area is 310 Å². The lowest BCUT2D eigenvalue weighted by Crippen LogP contribution is -2.60. The maximum absolute atomic E-state index is 13.6. The fourth-order valence-electron chi connectivity index (χ4n) is 9.56. The molecule has 0 unspecified atom stereocenters. The average molecular weight is 741 g/mol. The van der Waals surface area contributed by atoms with Crippen molar-refractivity contribution in [3.63, 3.8) is 0 Å². The summed E-state index contributed by atoms with van der Waals surface area (Å²) in [4.78, 5) is 21.3. The Morgan fingerprint density at radius 3 is 2.65 bits per heavy atom. The van der Waals surface area contributed by atoms with Gasteiger partial charge in [0.2, 0.25) is 10.0 Å². The first-order chi connectivity index (χ1) is 24.5. The highest BCUT2D eigenvalue weighted by molar-refractivity contribution is 7.90. The molecule has 2 bridgehead atoms. The summed E-state index contributed by atoms with van der Waals surface area (Å²) in [5.74, 6) is 1.12. The van der Waals surface area contributed by atoms with E-state index < -0.39 is 21.2 Å². The minimum atomic E-state index is -3.89. The second-order valence-electron chi connectivity index (χ2n) is 16.4. The van der Waals surface area contributed by atoms with Gasteiger partial charge in [-0.05, 0) is 116 Å². The highest BCUT2D eigenvalue weighted by Gasteiger charge is 2.46. The summed E-state index contributed by atoms with van der Waals surface area (Å²) in [7, 11) is -3.89. The molecule has 51 heavy (non-hydrogen) atoms. The topological polar surface area (TPSA) is 91.4 Å². The predicted octanol–water partition coefficient (Wildman–Crippen LogP) is 6.38. The maximum Gasteiger partial charge on any atom is 0.264 e. The second-order valence-corrected chi connectivity index (χ2v) is 18.9. The van der Waals surface area contributed by atoms with E-state index in [2.05, 4.69) is 32.4 Å². The first-order valence-corrected chi connectivity index (χ1v) is 21.3. The molecule has 1 aliphatic carbocycles. The lowest BCUT2D eigenvalue weighted by atomic mass is 9.57. The van der Waals surface area contributed by atoms with E-state index in [4.69, 9.17) is 21.1 Å². The number of carbonyl (C=O) groups is 1.